The molecule has 3 nitrogen and oxygen atoms in total. The van der Waals surface area contributed by atoms with Gasteiger partial charge in [0.2, 0.25) is 0 Å². The van der Waals surface area contributed by atoms with E-state index in [0.717, 1.165) is 38.2 Å². The zero-order chi connectivity index (χ0) is 13.0. The molecule has 0 aliphatic carbocycles. The molecule has 0 aromatic heterocycles. The average Bonchev–Trinajstić information content (AvgIpc) is 2.42. The molecule has 1 heterocycles. The Labute approximate surface area is 108 Å². The summed E-state index contributed by atoms with van der Waals surface area (Å²) in [6.45, 7) is 6.03. The van der Waals surface area contributed by atoms with Crippen molar-refractivity contribution < 1.29 is 4.39 Å². The molecule has 1 aromatic carbocycles. The van der Waals surface area contributed by atoms with Gasteiger partial charge in [-0.2, -0.15) is 0 Å². The molecule has 1 aliphatic rings. The molecule has 3 N–H and O–H groups in total. The van der Waals surface area contributed by atoms with E-state index in [1.807, 2.05) is 0 Å². The van der Waals surface area contributed by atoms with Gasteiger partial charge in [0.1, 0.15) is 5.82 Å². The van der Waals surface area contributed by atoms with E-state index in [4.69, 9.17) is 5.73 Å². The van der Waals surface area contributed by atoms with E-state index < -0.39 is 0 Å². The van der Waals surface area contributed by atoms with Crippen molar-refractivity contribution in [1.29, 1.82) is 0 Å². The normalized spacial score (nSPS) is 19.7. The number of anilines is 1. The van der Waals surface area contributed by atoms with Crippen LogP contribution in [0.1, 0.15) is 19.8 Å². The van der Waals surface area contributed by atoms with Crippen molar-refractivity contribution in [3.05, 3.63) is 30.1 Å². The van der Waals surface area contributed by atoms with E-state index in [-0.39, 0.29) is 11.4 Å². The van der Waals surface area contributed by atoms with E-state index >= 15 is 0 Å². The third-order valence-electron chi connectivity index (χ3n) is 3.90. The Morgan fingerprint density at radius 2 is 1.89 bits per heavy atom. The molecule has 18 heavy (non-hydrogen) atoms. The molecule has 1 aliphatic heterocycles. The van der Waals surface area contributed by atoms with Crippen LogP contribution in [0.25, 0.3) is 0 Å². The second-order valence-electron chi connectivity index (χ2n) is 5.05. The van der Waals surface area contributed by atoms with Gasteiger partial charge < -0.3 is 16.0 Å². The Hall–Kier alpha value is -1.13. The Bertz CT molecular complexity index is 369. The SMILES string of the molecule is CCN1CCC(CN)(Nc2ccc(F)cc2)CC1. The van der Waals surface area contributed by atoms with Gasteiger partial charge in [0.25, 0.3) is 0 Å². The van der Waals surface area contributed by atoms with Gasteiger partial charge >= 0.3 is 0 Å². The first-order valence-electron chi connectivity index (χ1n) is 6.64. The van der Waals surface area contributed by atoms with Crippen LogP contribution >= 0.6 is 0 Å². The van der Waals surface area contributed by atoms with Gasteiger partial charge in [0.05, 0.1) is 5.54 Å². The van der Waals surface area contributed by atoms with Crippen molar-refractivity contribution in [1.82, 2.24) is 4.90 Å². The summed E-state index contributed by atoms with van der Waals surface area (Å²) in [5.41, 5.74) is 6.86. The fourth-order valence-corrected chi connectivity index (χ4v) is 2.52. The number of nitrogens with one attached hydrogen (secondary N) is 1. The van der Waals surface area contributed by atoms with Crippen molar-refractivity contribution in [2.75, 3.05) is 31.5 Å². The zero-order valence-electron chi connectivity index (χ0n) is 11.0. The second kappa shape index (κ2) is 5.67. The summed E-state index contributed by atoms with van der Waals surface area (Å²) in [6.07, 6.45) is 2.07. The van der Waals surface area contributed by atoms with Crippen molar-refractivity contribution >= 4 is 5.69 Å². The molecule has 1 aromatic rings. The smallest absolute Gasteiger partial charge is 0.123 e. The van der Waals surface area contributed by atoms with Crippen molar-refractivity contribution in [2.45, 2.75) is 25.3 Å². The Kier molecular flexibility index (Phi) is 4.19. The van der Waals surface area contributed by atoms with Gasteiger partial charge in [0.15, 0.2) is 0 Å². The molecule has 0 amide bonds. The number of piperidine rings is 1. The van der Waals surface area contributed by atoms with E-state index in [1.165, 1.54) is 12.1 Å². The van der Waals surface area contributed by atoms with E-state index in [1.54, 1.807) is 12.1 Å². The Morgan fingerprint density at radius 1 is 1.28 bits per heavy atom. The third-order valence-corrected chi connectivity index (χ3v) is 3.90. The van der Waals surface area contributed by atoms with Crippen LogP contribution in [0.15, 0.2) is 24.3 Å². The van der Waals surface area contributed by atoms with Crippen molar-refractivity contribution in [3.63, 3.8) is 0 Å². The molecule has 0 spiro atoms. The number of rotatable bonds is 4. The Morgan fingerprint density at radius 3 is 2.39 bits per heavy atom. The summed E-state index contributed by atoms with van der Waals surface area (Å²) in [6, 6.07) is 6.51. The molecular weight excluding hydrogens is 229 g/mol. The van der Waals surface area contributed by atoms with Crippen molar-refractivity contribution in [2.24, 2.45) is 5.73 Å². The summed E-state index contributed by atoms with van der Waals surface area (Å²) in [7, 11) is 0. The van der Waals surface area contributed by atoms with Crippen molar-refractivity contribution in [3.8, 4) is 0 Å². The lowest BCUT2D eigenvalue weighted by atomic mass is 9.87. The number of likely N-dealkylation sites (tertiary alicyclic amines) is 1. The molecule has 0 saturated carbocycles. The van der Waals surface area contributed by atoms with Crippen LogP contribution in [-0.4, -0.2) is 36.6 Å². The maximum Gasteiger partial charge on any atom is 0.123 e. The highest BCUT2D eigenvalue weighted by molar-refractivity contribution is 5.45. The van der Waals surface area contributed by atoms with Crippen LogP contribution in [0.5, 0.6) is 0 Å². The summed E-state index contributed by atoms with van der Waals surface area (Å²) >= 11 is 0. The minimum absolute atomic E-state index is 0.0382. The number of nitrogens with two attached hydrogens (primary N) is 1. The molecule has 4 heteroatoms. The molecule has 0 atom stereocenters. The summed E-state index contributed by atoms with van der Waals surface area (Å²) < 4.78 is 12.9. The molecular formula is C14H22FN3. The predicted molar refractivity (Wildman–Crippen MR) is 73.2 cm³/mol. The van der Waals surface area contributed by atoms with Crippen LogP contribution in [-0.2, 0) is 0 Å². The number of hydrogen-bond acceptors (Lipinski definition) is 3. The fourth-order valence-electron chi connectivity index (χ4n) is 2.52. The van der Waals surface area contributed by atoms with E-state index in [0.29, 0.717) is 6.54 Å². The molecule has 0 radical (unpaired) electrons. The molecule has 1 saturated heterocycles. The molecule has 0 unspecified atom stereocenters. The standard InChI is InChI=1S/C14H22FN3/c1-2-18-9-7-14(11-16,8-10-18)17-13-5-3-12(15)4-6-13/h3-6,17H,2,7-11,16H2,1H3. The van der Waals surface area contributed by atoms with Crippen LogP contribution in [0.2, 0.25) is 0 Å². The highest BCUT2D eigenvalue weighted by atomic mass is 19.1. The first-order chi connectivity index (χ1) is 8.67. The summed E-state index contributed by atoms with van der Waals surface area (Å²) in [5, 5.41) is 3.50. The monoisotopic (exact) mass is 251 g/mol. The average molecular weight is 251 g/mol. The summed E-state index contributed by atoms with van der Waals surface area (Å²) in [5.74, 6) is -0.205. The predicted octanol–water partition coefficient (Wildman–Crippen LogP) is 2.05. The topological polar surface area (TPSA) is 41.3 Å². The minimum atomic E-state index is -0.205. The van der Waals surface area contributed by atoms with Gasteiger partial charge in [-0.15, -0.1) is 0 Å². The van der Waals surface area contributed by atoms with Gasteiger partial charge in [0, 0.05) is 25.3 Å². The quantitative estimate of drug-likeness (QED) is 0.860. The zero-order valence-corrected chi connectivity index (χ0v) is 11.0. The lowest BCUT2D eigenvalue weighted by Crippen LogP contribution is -2.53. The maximum absolute atomic E-state index is 12.9. The number of nitrogens with zero attached hydrogens (tertiary/aromatic N) is 1. The number of hydrogen-bond donors (Lipinski definition) is 2. The first-order valence-corrected chi connectivity index (χ1v) is 6.64. The lowest BCUT2D eigenvalue weighted by Gasteiger charge is -2.42. The maximum atomic E-state index is 12.9. The highest BCUT2D eigenvalue weighted by Gasteiger charge is 2.32. The van der Waals surface area contributed by atoms with Crippen LogP contribution in [0, 0.1) is 5.82 Å². The van der Waals surface area contributed by atoms with Crippen LogP contribution in [0.3, 0.4) is 0 Å². The second-order valence-corrected chi connectivity index (χ2v) is 5.05. The lowest BCUT2D eigenvalue weighted by molar-refractivity contribution is 0.184. The van der Waals surface area contributed by atoms with Crippen LogP contribution in [0.4, 0.5) is 10.1 Å². The van der Waals surface area contributed by atoms with Gasteiger partial charge in [-0.3, -0.25) is 0 Å². The largest absolute Gasteiger partial charge is 0.378 e. The van der Waals surface area contributed by atoms with E-state index in [2.05, 4.69) is 17.1 Å². The molecule has 0 bridgehead atoms. The van der Waals surface area contributed by atoms with Gasteiger partial charge in [-0.1, -0.05) is 6.92 Å². The molecule has 1 fully saturated rings. The molecule has 2 rings (SSSR count). The third kappa shape index (κ3) is 3.00. The van der Waals surface area contributed by atoms with Gasteiger partial charge in [-0.25, -0.2) is 4.39 Å². The fraction of sp³-hybridized carbons (Fsp3) is 0.571. The van der Waals surface area contributed by atoms with Gasteiger partial charge in [-0.05, 0) is 43.7 Å². The number of halogens is 1. The summed E-state index contributed by atoms with van der Waals surface area (Å²) in [4.78, 5) is 2.43. The van der Waals surface area contributed by atoms with E-state index in [9.17, 15) is 4.39 Å². The minimum Gasteiger partial charge on any atom is -0.378 e. The number of benzene rings is 1. The Balaban J connectivity index is 2.03. The first kappa shape index (κ1) is 13.3. The molecule has 100 valence electrons. The van der Waals surface area contributed by atoms with Crippen LogP contribution < -0.4 is 11.1 Å². The highest BCUT2D eigenvalue weighted by Crippen LogP contribution is 2.26.